The van der Waals surface area contributed by atoms with Gasteiger partial charge < -0.3 is 15.1 Å². The minimum absolute atomic E-state index is 0. The van der Waals surface area contributed by atoms with E-state index in [-0.39, 0.29) is 30.3 Å². The van der Waals surface area contributed by atoms with E-state index < -0.39 is 0 Å². The molecule has 94 valence electrons. The summed E-state index contributed by atoms with van der Waals surface area (Å²) in [4.78, 5) is 26.7. The third-order valence-corrected chi connectivity index (χ3v) is 2.63. The normalized spacial score (nSPS) is 19.2. The third-order valence-electron chi connectivity index (χ3n) is 2.63. The van der Waals surface area contributed by atoms with Gasteiger partial charge in [-0.05, 0) is 19.9 Å². The third kappa shape index (κ3) is 3.35. The first kappa shape index (κ1) is 15.2. The molecule has 0 aliphatic carbocycles. The van der Waals surface area contributed by atoms with Gasteiger partial charge in [-0.2, -0.15) is 0 Å². The molecule has 0 bridgehead atoms. The second-order valence-electron chi connectivity index (χ2n) is 4.01. The van der Waals surface area contributed by atoms with Crippen molar-refractivity contribution < 1.29 is 9.59 Å². The van der Waals surface area contributed by atoms with Gasteiger partial charge in [-0.3, -0.25) is 9.59 Å². The summed E-state index contributed by atoms with van der Waals surface area (Å²) in [5, 5.41) is 2.82. The zero-order chi connectivity index (χ0) is 11.4. The summed E-state index contributed by atoms with van der Waals surface area (Å²) in [5.41, 5.74) is 0. The monoisotopic (exact) mass is 249 g/mol. The van der Waals surface area contributed by atoms with Gasteiger partial charge in [0.25, 0.3) is 0 Å². The van der Waals surface area contributed by atoms with Gasteiger partial charge in [-0.15, -0.1) is 12.4 Å². The maximum absolute atomic E-state index is 11.8. The molecule has 5 nitrogen and oxygen atoms in total. The minimum Gasteiger partial charge on any atom is -0.347 e. The summed E-state index contributed by atoms with van der Waals surface area (Å²) in [6.07, 6.45) is 1.70. The molecule has 1 aliphatic heterocycles. The summed E-state index contributed by atoms with van der Waals surface area (Å²) in [6, 6.07) is -0.249. The van der Waals surface area contributed by atoms with Crippen molar-refractivity contribution in [1.29, 1.82) is 0 Å². The molecule has 1 heterocycles. The molecule has 0 saturated carbocycles. The molecular formula is C10H20ClN3O2. The van der Waals surface area contributed by atoms with Gasteiger partial charge in [0.15, 0.2) is 0 Å². The lowest BCUT2D eigenvalue weighted by Crippen LogP contribution is -2.47. The predicted molar refractivity (Wildman–Crippen MR) is 64.6 cm³/mol. The Morgan fingerprint density at radius 3 is 2.56 bits per heavy atom. The van der Waals surface area contributed by atoms with Gasteiger partial charge in [0.1, 0.15) is 6.04 Å². The topological polar surface area (TPSA) is 52.7 Å². The van der Waals surface area contributed by atoms with E-state index in [1.807, 2.05) is 0 Å². The van der Waals surface area contributed by atoms with Crippen molar-refractivity contribution in [3.8, 4) is 0 Å². The van der Waals surface area contributed by atoms with Gasteiger partial charge in [0.2, 0.25) is 11.8 Å². The fourth-order valence-electron chi connectivity index (χ4n) is 1.87. The Morgan fingerprint density at radius 2 is 2.06 bits per heavy atom. The zero-order valence-electron chi connectivity index (χ0n) is 10.0. The largest absolute Gasteiger partial charge is 0.347 e. The molecule has 0 aromatic heterocycles. The molecule has 16 heavy (non-hydrogen) atoms. The Kier molecular flexibility index (Phi) is 6.36. The van der Waals surface area contributed by atoms with Crippen molar-refractivity contribution in [3.63, 3.8) is 0 Å². The Labute approximate surface area is 103 Å². The molecule has 1 N–H and O–H groups in total. The molecule has 1 fully saturated rings. The van der Waals surface area contributed by atoms with Crippen LogP contribution in [0.5, 0.6) is 0 Å². The molecule has 0 spiro atoms. The Balaban J connectivity index is 0.00000225. The lowest BCUT2D eigenvalue weighted by Gasteiger charge is -2.26. The fourth-order valence-corrected chi connectivity index (χ4v) is 1.87. The summed E-state index contributed by atoms with van der Waals surface area (Å²) in [5.74, 6) is 0.0344. The molecule has 6 heteroatoms. The fraction of sp³-hybridized carbons (Fsp3) is 0.800. The summed E-state index contributed by atoms with van der Waals surface area (Å²) in [6.45, 7) is 1.00. The molecule has 1 aliphatic rings. The quantitative estimate of drug-likeness (QED) is 0.748. The first-order valence-electron chi connectivity index (χ1n) is 5.23. The Morgan fingerprint density at radius 1 is 1.44 bits per heavy atom. The van der Waals surface area contributed by atoms with E-state index in [9.17, 15) is 9.59 Å². The number of halogens is 1. The average molecular weight is 250 g/mol. The van der Waals surface area contributed by atoms with Crippen molar-refractivity contribution in [2.75, 3.05) is 34.2 Å². The first-order valence-corrected chi connectivity index (χ1v) is 5.23. The number of likely N-dealkylation sites (N-methyl/N-ethyl adjacent to an activating group) is 2. The highest BCUT2D eigenvalue weighted by molar-refractivity contribution is 5.88. The molecule has 1 rings (SSSR count). The van der Waals surface area contributed by atoms with E-state index in [4.69, 9.17) is 0 Å². The summed E-state index contributed by atoms with van der Waals surface area (Å²) in [7, 11) is 5.18. The van der Waals surface area contributed by atoms with Crippen LogP contribution in [-0.2, 0) is 9.59 Å². The number of likely N-dealkylation sites (tertiary alicyclic amines) is 1. The molecular weight excluding hydrogens is 230 g/mol. The van der Waals surface area contributed by atoms with Crippen LogP contribution in [0.15, 0.2) is 0 Å². The summed E-state index contributed by atoms with van der Waals surface area (Å²) < 4.78 is 0. The number of carbonyl (C=O) groups excluding carboxylic acids is 2. The second-order valence-corrected chi connectivity index (χ2v) is 4.01. The van der Waals surface area contributed by atoms with Crippen LogP contribution in [0.4, 0.5) is 0 Å². The Hall–Kier alpha value is -0.810. The number of nitrogens with one attached hydrogen (secondary N) is 1. The smallest absolute Gasteiger partial charge is 0.244 e. The molecule has 1 saturated heterocycles. The van der Waals surface area contributed by atoms with E-state index in [1.54, 1.807) is 30.9 Å². The van der Waals surface area contributed by atoms with Gasteiger partial charge in [-0.25, -0.2) is 0 Å². The van der Waals surface area contributed by atoms with Crippen LogP contribution in [0.25, 0.3) is 0 Å². The van der Waals surface area contributed by atoms with Gasteiger partial charge in [-0.1, -0.05) is 0 Å². The molecule has 0 aromatic rings. The van der Waals surface area contributed by atoms with E-state index >= 15 is 0 Å². The highest BCUT2D eigenvalue weighted by Gasteiger charge is 2.34. The number of carbonyl (C=O) groups is 2. The van der Waals surface area contributed by atoms with Crippen LogP contribution in [0.2, 0.25) is 0 Å². The van der Waals surface area contributed by atoms with Gasteiger partial charge in [0.05, 0.1) is 6.54 Å². The highest BCUT2D eigenvalue weighted by atomic mass is 35.5. The van der Waals surface area contributed by atoms with Crippen LogP contribution in [0.1, 0.15) is 12.8 Å². The van der Waals surface area contributed by atoms with Gasteiger partial charge >= 0.3 is 0 Å². The van der Waals surface area contributed by atoms with E-state index in [1.165, 1.54) is 0 Å². The molecule has 1 atom stereocenters. The van der Waals surface area contributed by atoms with Crippen LogP contribution >= 0.6 is 12.4 Å². The average Bonchev–Trinajstić information content (AvgIpc) is 2.65. The molecule has 0 radical (unpaired) electrons. The van der Waals surface area contributed by atoms with Crippen molar-refractivity contribution >= 4 is 24.2 Å². The van der Waals surface area contributed by atoms with Crippen molar-refractivity contribution in [3.05, 3.63) is 0 Å². The SMILES string of the molecule is CNCC(=O)N1CCCC1C(=O)N(C)C.Cl. The van der Waals surface area contributed by atoms with Crippen LogP contribution in [0.3, 0.4) is 0 Å². The van der Waals surface area contributed by atoms with Crippen LogP contribution < -0.4 is 5.32 Å². The summed E-state index contributed by atoms with van der Waals surface area (Å²) >= 11 is 0. The maximum Gasteiger partial charge on any atom is 0.244 e. The number of hydrogen-bond acceptors (Lipinski definition) is 3. The molecule has 2 amide bonds. The van der Waals surface area contributed by atoms with Crippen molar-refractivity contribution in [2.45, 2.75) is 18.9 Å². The standard InChI is InChI=1S/C10H19N3O2.ClH/c1-11-7-9(14)13-6-4-5-8(13)10(15)12(2)3;/h8,11H,4-7H2,1-3H3;1H. The predicted octanol–water partition coefficient (Wildman–Crippen LogP) is -0.293. The molecule has 0 aromatic carbocycles. The lowest BCUT2D eigenvalue weighted by atomic mass is 10.2. The maximum atomic E-state index is 11.8. The van der Waals surface area contributed by atoms with E-state index in [0.29, 0.717) is 13.1 Å². The van der Waals surface area contributed by atoms with Crippen molar-refractivity contribution in [2.24, 2.45) is 0 Å². The minimum atomic E-state index is -0.249. The number of rotatable bonds is 3. The Bertz CT molecular complexity index is 258. The second kappa shape index (κ2) is 6.70. The van der Waals surface area contributed by atoms with Crippen LogP contribution in [0, 0.1) is 0 Å². The number of hydrogen-bond donors (Lipinski definition) is 1. The first-order chi connectivity index (χ1) is 7.07. The van der Waals surface area contributed by atoms with Crippen molar-refractivity contribution in [1.82, 2.24) is 15.1 Å². The highest BCUT2D eigenvalue weighted by Crippen LogP contribution is 2.18. The van der Waals surface area contributed by atoms with Crippen LogP contribution in [-0.4, -0.2) is 61.9 Å². The molecule has 1 unspecified atom stereocenters. The lowest BCUT2D eigenvalue weighted by molar-refractivity contribution is -0.141. The number of amides is 2. The van der Waals surface area contributed by atoms with E-state index in [0.717, 1.165) is 12.8 Å². The zero-order valence-corrected chi connectivity index (χ0v) is 10.8. The van der Waals surface area contributed by atoms with E-state index in [2.05, 4.69) is 5.32 Å². The number of nitrogens with zero attached hydrogens (tertiary/aromatic N) is 2. The van der Waals surface area contributed by atoms with Gasteiger partial charge in [0, 0.05) is 20.6 Å².